The van der Waals surface area contributed by atoms with Crippen LogP contribution < -0.4 is 15.4 Å². The number of nitrogens with one attached hydrogen (secondary N) is 2. The van der Waals surface area contributed by atoms with E-state index in [9.17, 15) is 14.4 Å². The van der Waals surface area contributed by atoms with Gasteiger partial charge in [0, 0.05) is 41.5 Å². The van der Waals surface area contributed by atoms with E-state index in [1.54, 1.807) is 72.7 Å². The number of urea groups is 1. The molecule has 1 heterocycles. The number of para-hydroxylation sites is 1. The summed E-state index contributed by atoms with van der Waals surface area (Å²) in [5.74, 6) is 0.664. The second-order valence-electron chi connectivity index (χ2n) is 8.18. The number of methoxy groups -OCH3 is 1. The molecule has 4 rings (SSSR count). The third-order valence-electron chi connectivity index (χ3n) is 5.95. The number of benzene rings is 3. The second kappa shape index (κ2) is 10.7. The molecule has 1 aliphatic rings. The Morgan fingerprint density at radius 3 is 1.91 bits per heavy atom. The number of nitrogens with zero attached hydrogens (tertiary/aromatic N) is 1. The molecule has 3 amide bonds. The SMILES string of the molecule is COc1ccc(C(=O)C2CCN(C(=O)c3ccc(NC(=O)Nc4ccccc4)cc3)CC2)cc1. The summed E-state index contributed by atoms with van der Waals surface area (Å²) < 4.78 is 5.15. The molecule has 0 unspecified atom stereocenters. The van der Waals surface area contributed by atoms with E-state index in [1.165, 1.54) is 0 Å². The van der Waals surface area contributed by atoms with Crippen molar-refractivity contribution in [1.82, 2.24) is 4.90 Å². The molecule has 1 fully saturated rings. The van der Waals surface area contributed by atoms with Crippen LogP contribution in [0.15, 0.2) is 78.9 Å². The minimum absolute atomic E-state index is 0.0735. The normalized spacial score (nSPS) is 13.7. The number of anilines is 2. The summed E-state index contributed by atoms with van der Waals surface area (Å²) in [4.78, 5) is 39.6. The Labute approximate surface area is 198 Å². The molecule has 0 atom stereocenters. The maximum atomic E-state index is 12.9. The lowest BCUT2D eigenvalue weighted by atomic mass is 9.88. The number of hydrogen-bond donors (Lipinski definition) is 2. The fraction of sp³-hybridized carbons (Fsp3) is 0.222. The van der Waals surface area contributed by atoms with Crippen LogP contribution in [-0.2, 0) is 0 Å². The van der Waals surface area contributed by atoms with Crippen LogP contribution in [0.25, 0.3) is 0 Å². The predicted molar refractivity (Wildman–Crippen MR) is 131 cm³/mol. The molecule has 174 valence electrons. The van der Waals surface area contributed by atoms with Crippen molar-refractivity contribution in [1.29, 1.82) is 0 Å². The largest absolute Gasteiger partial charge is 0.497 e. The minimum atomic E-state index is -0.353. The van der Waals surface area contributed by atoms with E-state index in [0.717, 1.165) is 5.75 Å². The topological polar surface area (TPSA) is 87.7 Å². The van der Waals surface area contributed by atoms with E-state index in [1.807, 2.05) is 18.2 Å². The molecular formula is C27H27N3O4. The molecular weight excluding hydrogens is 430 g/mol. The lowest BCUT2D eigenvalue weighted by molar-refractivity contribution is 0.0650. The second-order valence-corrected chi connectivity index (χ2v) is 8.18. The predicted octanol–water partition coefficient (Wildman–Crippen LogP) is 5.07. The summed E-state index contributed by atoms with van der Waals surface area (Å²) in [7, 11) is 1.59. The first-order valence-corrected chi connectivity index (χ1v) is 11.2. The highest BCUT2D eigenvalue weighted by molar-refractivity contribution is 6.01. The van der Waals surface area contributed by atoms with Crippen molar-refractivity contribution in [2.75, 3.05) is 30.8 Å². The minimum Gasteiger partial charge on any atom is -0.497 e. The van der Waals surface area contributed by atoms with E-state index in [4.69, 9.17) is 4.74 Å². The molecule has 1 saturated heterocycles. The fourth-order valence-corrected chi connectivity index (χ4v) is 4.03. The number of carbonyl (C=O) groups excluding carboxylic acids is 3. The van der Waals surface area contributed by atoms with Crippen LogP contribution in [0.2, 0.25) is 0 Å². The number of hydrogen-bond acceptors (Lipinski definition) is 4. The lowest BCUT2D eigenvalue weighted by Crippen LogP contribution is -2.40. The van der Waals surface area contributed by atoms with Gasteiger partial charge >= 0.3 is 6.03 Å². The summed E-state index contributed by atoms with van der Waals surface area (Å²) in [5, 5.41) is 5.51. The zero-order chi connectivity index (χ0) is 23.9. The summed E-state index contributed by atoms with van der Waals surface area (Å²) in [6.45, 7) is 1.07. The van der Waals surface area contributed by atoms with Crippen LogP contribution in [-0.4, -0.2) is 42.8 Å². The van der Waals surface area contributed by atoms with Gasteiger partial charge in [0.2, 0.25) is 0 Å². The Kier molecular flexibility index (Phi) is 7.22. The number of ether oxygens (including phenoxy) is 1. The van der Waals surface area contributed by atoms with Gasteiger partial charge in [0.25, 0.3) is 5.91 Å². The highest BCUT2D eigenvalue weighted by Gasteiger charge is 2.28. The van der Waals surface area contributed by atoms with Gasteiger partial charge in [0.05, 0.1) is 7.11 Å². The molecule has 0 radical (unpaired) electrons. The smallest absolute Gasteiger partial charge is 0.323 e. The molecule has 2 N–H and O–H groups in total. The molecule has 0 bridgehead atoms. The summed E-state index contributed by atoms with van der Waals surface area (Å²) in [6, 6.07) is 22.8. The van der Waals surface area contributed by atoms with Gasteiger partial charge in [0.1, 0.15) is 5.75 Å². The average molecular weight is 458 g/mol. The zero-order valence-electron chi connectivity index (χ0n) is 19.0. The van der Waals surface area contributed by atoms with Crippen LogP contribution in [0.5, 0.6) is 5.75 Å². The first-order valence-electron chi connectivity index (χ1n) is 11.2. The van der Waals surface area contributed by atoms with E-state index in [2.05, 4.69) is 10.6 Å². The summed E-state index contributed by atoms with van der Waals surface area (Å²) >= 11 is 0. The van der Waals surface area contributed by atoms with E-state index >= 15 is 0 Å². The molecule has 0 aromatic heterocycles. The number of carbonyl (C=O) groups is 3. The van der Waals surface area contributed by atoms with Gasteiger partial charge in [-0.25, -0.2) is 4.79 Å². The Balaban J connectivity index is 1.28. The number of rotatable bonds is 6. The number of piperidine rings is 1. The number of amides is 3. The van der Waals surface area contributed by atoms with Crippen LogP contribution >= 0.6 is 0 Å². The molecule has 7 nitrogen and oxygen atoms in total. The lowest BCUT2D eigenvalue weighted by Gasteiger charge is -2.31. The van der Waals surface area contributed by atoms with Crippen molar-refractivity contribution < 1.29 is 19.1 Å². The molecule has 3 aromatic carbocycles. The Bertz CT molecular complexity index is 1140. The van der Waals surface area contributed by atoms with Gasteiger partial charge in [-0.2, -0.15) is 0 Å². The number of Topliss-reactive ketones (excluding diaryl/α,β-unsaturated/α-hetero) is 1. The van der Waals surface area contributed by atoms with Crippen molar-refractivity contribution in [3.63, 3.8) is 0 Å². The van der Waals surface area contributed by atoms with Gasteiger partial charge in [0.15, 0.2) is 5.78 Å². The van der Waals surface area contributed by atoms with Gasteiger partial charge in [-0.05, 0) is 73.5 Å². The van der Waals surface area contributed by atoms with E-state index in [-0.39, 0.29) is 23.6 Å². The quantitative estimate of drug-likeness (QED) is 0.506. The Morgan fingerprint density at radius 2 is 1.32 bits per heavy atom. The van der Waals surface area contributed by atoms with Crippen LogP contribution in [0.3, 0.4) is 0 Å². The molecule has 0 spiro atoms. The standard InChI is InChI=1S/C27H27N3O4/c1-34-24-13-9-19(10-14-24)25(31)20-15-17-30(18-16-20)26(32)21-7-11-23(12-8-21)29-27(33)28-22-5-3-2-4-6-22/h2-14,20H,15-18H2,1H3,(H2,28,29,33). The van der Waals surface area contributed by atoms with Gasteiger partial charge < -0.3 is 20.3 Å². The molecule has 0 saturated carbocycles. The van der Waals surface area contributed by atoms with Crippen molar-refractivity contribution in [2.45, 2.75) is 12.8 Å². The number of likely N-dealkylation sites (tertiary alicyclic amines) is 1. The van der Waals surface area contributed by atoms with Crippen molar-refractivity contribution >= 4 is 29.1 Å². The average Bonchev–Trinajstić information content (AvgIpc) is 2.89. The van der Waals surface area contributed by atoms with Crippen LogP contribution in [0.4, 0.5) is 16.2 Å². The van der Waals surface area contributed by atoms with E-state index < -0.39 is 0 Å². The zero-order valence-corrected chi connectivity index (χ0v) is 19.0. The first kappa shape index (κ1) is 23.0. The maximum Gasteiger partial charge on any atom is 0.323 e. The van der Waals surface area contributed by atoms with Crippen molar-refractivity contribution in [3.05, 3.63) is 90.0 Å². The number of ketones is 1. The van der Waals surface area contributed by atoms with E-state index in [0.29, 0.717) is 48.4 Å². The molecule has 3 aromatic rings. The molecule has 0 aliphatic carbocycles. The van der Waals surface area contributed by atoms with Crippen molar-refractivity contribution in [2.24, 2.45) is 5.92 Å². The third-order valence-corrected chi connectivity index (χ3v) is 5.95. The molecule has 7 heteroatoms. The van der Waals surface area contributed by atoms with Crippen LogP contribution in [0, 0.1) is 5.92 Å². The highest BCUT2D eigenvalue weighted by Crippen LogP contribution is 2.24. The monoisotopic (exact) mass is 457 g/mol. The molecule has 34 heavy (non-hydrogen) atoms. The van der Waals surface area contributed by atoms with Gasteiger partial charge in [-0.1, -0.05) is 18.2 Å². The van der Waals surface area contributed by atoms with Gasteiger partial charge in [-0.15, -0.1) is 0 Å². The Morgan fingerprint density at radius 1 is 0.765 bits per heavy atom. The molecule has 1 aliphatic heterocycles. The first-order chi connectivity index (χ1) is 16.5. The Hall–Kier alpha value is -4.13. The maximum absolute atomic E-state index is 12.9. The van der Waals surface area contributed by atoms with Gasteiger partial charge in [-0.3, -0.25) is 9.59 Å². The van der Waals surface area contributed by atoms with Crippen LogP contribution in [0.1, 0.15) is 33.6 Å². The van der Waals surface area contributed by atoms with Crippen molar-refractivity contribution in [3.8, 4) is 5.75 Å². The highest BCUT2D eigenvalue weighted by atomic mass is 16.5. The summed E-state index contributed by atoms with van der Waals surface area (Å²) in [5.41, 5.74) is 2.51. The third kappa shape index (κ3) is 5.61. The fourth-order valence-electron chi connectivity index (χ4n) is 4.03. The summed E-state index contributed by atoms with van der Waals surface area (Å²) in [6.07, 6.45) is 1.27.